The van der Waals surface area contributed by atoms with Crippen molar-refractivity contribution in [2.75, 3.05) is 0 Å². The fourth-order valence-corrected chi connectivity index (χ4v) is 4.02. The van der Waals surface area contributed by atoms with Crippen LogP contribution in [0.2, 0.25) is 0 Å². The summed E-state index contributed by atoms with van der Waals surface area (Å²) >= 11 is 0. The van der Waals surface area contributed by atoms with E-state index in [4.69, 9.17) is 0 Å². The van der Waals surface area contributed by atoms with E-state index in [9.17, 15) is 30.6 Å². The van der Waals surface area contributed by atoms with Crippen molar-refractivity contribution in [3.63, 3.8) is 0 Å². The Kier molecular flexibility index (Phi) is 3.86. The third-order valence-corrected chi connectivity index (χ3v) is 5.07. The highest BCUT2D eigenvalue weighted by Crippen LogP contribution is 2.57. The SMILES string of the molecule is Oc1ccc([C@@H]2c3c(O)cc(O)cc3C(O)[C@H]2c2cc(O)cc(O)c2)cc1. The molecular weight excluding hydrogens is 348 g/mol. The number of fused-ring (bicyclic) bond motifs is 1. The largest absolute Gasteiger partial charge is 0.508 e. The summed E-state index contributed by atoms with van der Waals surface area (Å²) < 4.78 is 0. The van der Waals surface area contributed by atoms with E-state index in [0.717, 1.165) is 5.56 Å². The Balaban J connectivity index is 1.96. The van der Waals surface area contributed by atoms with Gasteiger partial charge in [-0.15, -0.1) is 0 Å². The molecule has 138 valence electrons. The average molecular weight is 366 g/mol. The molecule has 0 fully saturated rings. The van der Waals surface area contributed by atoms with Crippen molar-refractivity contribution < 1.29 is 30.6 Å². The molecule has 0 saturated heterocycles. The lowest BCUT2D eigenvalue weighted by atomic mass is 9.80. The van der Waals surface area contributed by atoms with Crippen molar-refractivity contribution in [1.82, 2.24) is 0 Å². The van der Waals surface area contributed by atoms with Crippen LogP contribution in [0.15, 0.2) is 54.6 Å². The first-order valence-corrected chi connectivity index (χ1v) is 8.41. The predicted molar refractivity (Wildman–Crippen MR) is 97.2 cm³/mol. The topological polar surface area (TPSA) is 121 Å². The van der Waals surface area contributed by atoms with Gasteiger partial charge in [-0.3, -0.25) is 0 Å². The number of aliphatic hydroxyl groups is 1. The highest BCUT2D eigenvalue weighted by atomic mass is 16.3. The Morgan fingerprint density at radius 1 is 0.593 bits per heavy atom. The molecule has 3 aromatic carbocycles. The van der Waals surface area contributed by atoms with Crippen LogP contribution in [0, 0.1) is 0 Å². The first-order valence-electron chi connectivity index (χ1n) is 8.41. The summed E-state index contributed by atoms with van der Waals surface area (Å²) in [6.45, 7) is 0. The van der Waals surface area contributed by atoms with E-state index in [0.29, 0.717) is 16.7 Å². The smallest absolute Gasteiger partial charge is 0.123 e. The van der Waals surface area contributed by atoms with Gasteiger partial charge in [0.15, 0.2) is 0 Å². The van der Waals surface area contributed by atoms with Crippen LogP contribution >= 0.6 is 0 Å². The Morgan fingerprint density at radius 2 is 1.19 bits per heavy atom. The molecule has 1 aliphatic carbocycles. The monoisotopic (exact) mass is 366 g/mol. The quantitative estimate of drug-likeness (QED) is 0.414. The zero-order valence-corrected chi connectivity index (χ0v) is 14.1. The molecule has 1 unspecified atom stereocenters. The summed E-state index contributed by atoms with van der Waals surface area (Å²) in [5.74, 6) is -1.69. The minimum atomic E-state index is -1.09. The van der Waals surface area contributed by atoms with Gasteiger partial charge in [-0.2, -0.15) is 0 Å². The molecule has 4 rings (SSSR count). The lowest BCUT2D eigenvalue weighted by Crippen LogP contribution is -2.11. The fraction of sp³-hybridized carbons (Fsp3) is 0.143. The molecule has 27 heavy (non-hydrogen) atoms. The molecule has 0 radical (unpaired) electrons. The molecule has 3 aromatic rings. The number of rotatable bonds is 2. The van der Waals surface area contributed by atoms with Crippen LogP contribution in [0.1, 0.15) is 40.2 Å². The number of phenolic OH excluding ortho intramolecular Hbond substituents is 5. The van der Waals surface area contributed by atoms with Gasteiger partial charge in [-0.25, -0.2) is 0 Å². The Bertz CT molecular complexity index is 992. The maximum atomic E-state index is 11.0. The third kappa shape index (κ3) is 2.80. The highest BCUT2D eigenvalue weighted by molar-refractivity contribution is 5.59. The van der Waals surface area contributed by atoms with Crippen LogP contribution in [0.3, 0.4) is 0 Å². The molecule has 0 saturated carbocycles. The van der Waals surface area contributed by atoms with E-state index in [1.807, 2.05) is 0 Å². The molecular formula is C21H18O6. The van der Waals surface area contributed by atoms with Gasteiger partial charge in [0, 0.05) is 29.5 Å². The van der Waals surface area contributed by atoms with Crippen LogP contribution < -0.4 is 0 Å². The summed E-state index contributed by atoms with van der Waals surface area (Å²) in [5.41, 5.74) is 2.03. The third-order valence-electron chi connectivity index (χ3n) is 5.07. The zero-order valence-electron chi connectivity index (χ0n) is 14.1. The van der Waals surface area contributed by atoms with Gasteiger partial charge in [0.25, 0.3) is 0 Å². The molecule has 0 amide bonds. The summed E-state index contributed by atoms with van der Waals surface area (Å²) in [6, 6.07) is 13.1. The number of benzene rings is 3. The van der Waals surface area contributed by atoms with E-state index in [1.165, 1.54) is 42.5 Å². The van der Waals surface area contributed by atoms with E-state index < -0.39 is 17.9 Å². The number of hydrogen-bond donors (Lipinski definition) is 6. The molecule has 6 heteroatoms. The van der Waals surface area contributed by atoms with Crippen molar-refractivity contribution in [2.24, 2.45) is 0 Å². The van der Waals surface area contributed by atoms with Crippen molar-refractivity contribution in [2.45, 2.75) is 17.9 Å². The van der Waals surface area contributed by atoms with Crippen LogP contribution in [0.25, 0.3) is 0 Å². The standard InChI is InChI=1S/C21H18O6/c22-12-3-1-10(2-4-12)18-19(11-5-13(23)7-14(24)6-11)21(27)16-8-15(25)9-17(26)20(16)18/h1-9,18-19,21-27H/t18-,19-,21?/m0/s1. The van der Waals surface area contributed by atoms with Gasteiger partial charge >= 0.3 is 0 Å². The van der Waals surface area contributed by atoms with Crippen LogP contribution in [-0.2, 0) is 0 Å². The Morgan fingerprint density at radius 3 is 1.81 bits per heavy atom. The molecule has 3 atom stereocenters. The van der Waals surface area contributed by atoms with Gasteiger partial charge < -0.3 is 30.6 Å². The Hall–Kier alpha value is -3.38. The van der Waals surface area contributed by atoms with Gasteiger partial charge in [0.2, 0.25) is 0 Å². The maximum absolute atomic E-state index is 11.0. The summed E-state index contributed by atoms with van der Waals surface area (Å²) in [5, 5.41) is 60.7. The van der Waals surface area contributed by atoms with Crippen molar-refractivity contribution in [1.29, 1.82) is 0 Å². The lowest BCUT2D eigenvalue weighted by Gasteiger charge is -2.24. The summed E-state index contributed by atoms with van der Waals surface area (Å²) in [6.07, 6.45) is -1.09. The molecule has 6 N–H and O–H groups in total. The van der Waals surface area contributed by atoms with E-state index in [1.54, 1.807) is 12.1 Å². The minimum Gasteiger partial charge on any atom is -0.508 e. The number of aliphatic hydroxyl groups excluding tert-OH is 1. The first kappa shape index (κ1) is 17.1. The van der Waals surface area contributed by atoms with E-state index in [2.05, 4.69) is 0 Å². The van der Waals surface area contributed by atoms with Crippen LogP contribution in [0.4, 0.5) is 0 Å². The van der Waals surface area contributed by atoms with Crippen molar-refractivity contribution >= 4 is 0 Å². The normalized spacial score (nSPS) is 21.1. The molecule has 0 bridgehead atoms. The van der Waals surface area contributed by atoms with Gasteiger partial charge in [-0.05, 0) is 47.0 Å². The highest BCUT2D eigenvalue weighted by Gasteiger charge is 2.44. The number of aromatic hydroxyl groups is 5. The zero-order chi connectivity index (χ0) is 19.3. The minimum absolute atomic E-state index is 0.0824. The van der Waals surface area contributed by atoms with Crippen molar-refractivity contribution in [3.8, 4) is 28.7 Å². The van der Waals surface area contributed by atoms with Crippen LogP contribution in [0.5, 0.6) is 28.7 Å². The van der Waals surface area contributed by atoms with E-state index >= 15 is 0 Å². The van der Waals surface area contributed by atoms with Crippen molar-refractivity contribution in [3.05, 3.63) is 76.9 Å². The first-order chi connectivity index (χ1) is 12.8. The maximum Gasteiger partial charge on any atom is 0.123 e. The second kappa shape index (κ2) is 6.10. The van der Waals surface area contributed by atoms with Gasteiger partial charge in [0.1, 0.15) is 28.7 Å². The molecule has 1 aliphatic rings. The van der Waals surface area contributed by atoms with Gasteiger partial charge in [-0.1, -0.05) is 12.1 Å². The molecule has 0 spiro atoms. The second-order valence-electron chi connectivity index (χ2n) is 6.79. The second-order valence-corrected chi connectivity index (χ2v) is 6.79. The fourth-order valence-electron chi connectivity index (χ4n) is 4.02. The molecule has 6 nitrogen and oxygen atoms in total. The average Bonchev–Trinajstić information content (AvgIpc) is 2.88. The molecule has 0 aliphatic heterocycles. The number of hydrogen-bond acceptors (Lipinski definition) is 6. The Labute approximate surface area is 154 Å². The van der Waals surface area contributed by atoms with Crippen LogP contribution in [-0.4, -0.2) is 30.6 Å². The predicted octanol–water partition coefficient (Wildman–Crippen LogP) is 3.18. The van der Waals surface area contributed by atoms with E-state index in [-0.39, 0.29) is 28.7 Å². The number of phenols is 5. The summed E-state index contributed by atoms with van der Waals surface area (Å²) in [7, 11) is 0. The lowest BCUT2D eigenvalue weighted by molar-refractivity contribution is 0.152. The summed E-state index contributed by atoms with van der Waals surface area (Å²) in [4.78, 5) is 0. The van der Waals surface area contributed by atoms with Gasteiger partial charge in [0.05, 0.1) is 6.10 Å². The molecule has 0 heterocycles. The molecule has 0 aromatic heterocycles.